The fourth-order valence-electron chi connectivity index (χ4n) is 1.02. The van der Waals surface area contributed by atoms with Crippen LogP contribution in [0, 0.1) is 0 Å². The van der Waals surface area contributed by atoms with Crippen molar-refractivity contribution in [1.82, 2.24) is 0 Å². The molecule has 0 atom stereocenters. The number of phenols is 1. The van der Waals surface area contributed by atoms with Crippen molar-refractivity contribution < 1.29 is 14.3 Å². The number of benzene rings is 1. The summed E-state index contributed by atoms with van der Waals surface area (Å²) < 4.78 is 5.29. The molecule has 5 heteroatoms. The number of aldehydes is 1. The average molecular weight is 196 g/mol. The van der Waals surface area contributed by atoms with E-state index >= 15 is 0 Å². The van der Waals surface area contributed by atoms with Crippen LogP contribution < -0.4 is 4.94 Å². The highest BCUT2D eigenvalue weighted by Gasteiger charge is 2.07. The molecule has 0 radical (unpaired) electrons. The number of aromatic hydroxyl groups is 1. The van der Waals surface area contributed by atoms with Gasteiger partial charge in [0.25, 0.3) is 0 Å². The van der Waals surface area contributed by atoms with E-state index in [4.69, 9.17) is 4.42 Å². The first-order valence-corrected chi connectivity index (χ1v) is 4.24. The van der Waals surface area contributed by atoms with Gasteiger partial charge in [-0.3, -0.25) is 4.79 Å². The Morgan fingerprint density at radius 2 is 2.23 bits per heavy atom. The maximum Gasteiger partial charge on any atom is 0.396 e. The van der Waals surface area contributed by atoms with E-state index in [1.807, 2.05) is 0 Å². The average Bonchev–Trinajstić information content (AvgIpc) is 2.42. The third kappa shape index (κ3) is 1.23. The molecule has 13 heavy (non-hydrogen) atoms. The van der Waals surface area contributed by atoms with Gasteiger partial charge >= 0.3 is 4.94 Å². The van der Waals surface area contributed by atoms with Crippen molar-refractivity contribution in [2.24, 2.45) is 0 Å². The molecule has 0 unspecified atom stereocenters. The monoisotopic (exact) mass is 196 g/mol. The summed E-state index contributed by atoms with van der Waals surface area (Å²) in [6, 6.07) is 2.68. The van der Waals surface area contributed by atoms with Crippen LogP contribution in [0.3, 0.4) is 0 Å². The molecule has 4 nitrogen and oxygen atoms in total. The molecule has 2 rings (SSSR count). The van der Waals surface area contributed by atoms with Gasteiger partial charge in [0.1, 0.15) is 11.3 Å². The van der Waals surface area contributed by atoms with Gasteiger partial charge in [0.15, 0.2) is 6.29 Å². The smallest absolute Gasteiger partial charge is 0.396 e. The van der Waals surface area contributed by atoms with Gasteiger partial charge in [0, 0.05) is 6.07 Å². The molecule has 0 saturated carbocycles. The molecule has 0 saturated heterocycles. The fraction of sp³-hybridized carbons (Fsp3) is 0. The van der Waals surface area contributed by atoms with Gasteiger partial charge in [0.2, 0.25) is 0 Å². The Hall–Kier alpha value is -1.62. The predicted octanol–water partition coefficient (Wildman–Crippen LogP) is 1.37. The molecule has 2 aromatic rings. The molecular formula is C8H4O4S. The van der Waals surface area contributed by atoms with Crippen molar-refractivity contribution >= 4 is 27.9 Å². The normalized spacial score (nSPS) is 10.5. The minimum Gasteiger partial charge on any atom is -0.507 e. The lowest BCUT2D eigenvalue weighted by atomic mass is 10.2. The largest absolute Gasteiger partial charge is 0.507 e. The summed E-state index contributed by atoms with van der Waals surface area (Å²) in [4.78, 5) is 20.7. The van der Waals surface area contributed by atoms with E-state index < -0.39 is 4.94 Å². The highest BCUT2D eigenvalue weighted by atomic mass is 32.1. The Morgan fingerprint density at radius 1 is 1.46 bits per heavy atom. The zero-order chi connectivity index (χ0) is 9.42. The van der Waals surface area contributed by atoms with Gasteiger partial charge in [-0.1, -0.05) is 11.3 Å². The first kappa shape index (κ1) is 8.00. The van der Waals surface area contributed by atoms with Crippen LogP contribution in [-0.4, -0.2) is 11.4 Å². The summed E-state index contributed by atoms with van der Waals surface area (Å²) in [5, 5.41) is 9.25. The predicted molar refractivity (Wildman–Crippen MR) is 47.4 cm³/mol. The van der Waals surface area contributed by atoms with Crippen molar-refractivity contribution in [3.05, 3.63) is 27.4 Å². The van der Waals surface area contributed by atoms with E-state index in [2.05, 4.69) is 0 Å². The maximum absolute atomic E-state index is 10.8. The van der Waals surface area contributed by atoms with E-state index in [-0.39, 0.29) is 11.3 Å². The third-order valence-electron chi connectivity index (χ3n) is 1.61. The van der Waals surface area contributed by atoms with Crippen molar-refractivity contribution in [1.29, 1.82) is 0 Å². The lowest BCUT2D eigenvalue weighted by molar-refractivity contribution is 0.112. The van der Waals surface area contributed by atoms with Crippen molar-refractivity contribution in [2.45, 2.75) is 0 Å². The summed E-state index contributed by atoms with van der Waals surface area (Å²) in [5.41, 5.74) is 0.448. The number of phenolic OH excluding ortho intramolecular Hbond substituents is 1. The molecule has 0 aliphatic carbocycles. The van der Waals surface area contributed by atoms with Crippen LogP contribution in [0.5, 0.6) is 5.75 Å². The molecule has 66 valence electrons. The number of rotatable bonds is 1. The van der Waals surface area contributed by atoms with Crippen LogP contribution in [0.4, 0.5) is 0 Å². The Balaban J connectivity index is 2.87. The second-order valence-electron chi connectivity index (χ2n) is 2.43. The second kappa shape index (κ2) is 2.70. The highest BCUT2D eigenvalue weighted by Crippen LogP contribution is 2.25. The number of carbonyl (C=O) groups is 1. The molecule has 1 aromatic heterocycles. The van der Waals surface area contributed by atoms with E-state index in [0.29, 0.717) is 16.6 Å². The second-order valence-corrected chi connectivity index (χ2v) is 3.41. The van der Waals surface area contributed by atoms with E-state index in [9.17, 15) is 14.7 Å². The van der Waals surface area contributed by atoms with Crippen LogP contribution in [-0.2, 0) is 0 Å². The van der Waals surface area contributed by atoms with Crippen molar-refractivity contribution in [3.63, 3.8) is 0 Å². The minimum atomic E-state index is -0.447. The Kier molecular flexibility index (Phi) is 1.66. The summed E-state index contributed by atoms with van der Waals surface area (Å²) in [6.45, 7) is 0. The molecule has 0 spiro atoms. The van der Waals surface area contributed by atoms with Gasteiger partial charge in [-0.2, -0.15) is 0 Å². The summed E-state index contributed by atoms with van der Waals surface area (Å²) in [7, 11) is 0. The van der Waals surface area contributed by atoms with Crippen LogP contribution in [0.15, 0.2) is 21.3 Å². The van der Waals surface area contributed by atoms with E-state index in [1.165, 1.54) is 12.1 Å². The number of hydrogen-bond acceptors (Lipinski definition) is 5. The molecule has 1 N–H and O–H groups in total. The van der Waals surface area contributed by atoms with Crippen LogP contribution in [0.25, 0.3) is 10.3 Å². The van der Waals surface area contributed by atoms with Crippen LogP contribution in [0.2, 0.25) is 0 Å². The molecule has 0 aliphatic heterocycles. The third-order valence-corrected chi connectivity index (χ3v) is 2.40. The molecular weight excluding hydrogens is 192 g/mol. The number of carbonyl (C=O) groups excluding carboxylic acids is 1. The fourth-order valence-corrected chi connectivity index (χ4v) is 1.70. The van der Waals surface area contributed by atoms with Gasteiger partial charge in [-0.25, -0.2) is 4.79 Å². The molecule has 1 heterocycles. The minimum absolute atomic E-state index is 0.119. The molecule has 0 bridgehead atoms. The summed E-state index contributed by atoms with van der Waals surface area (Å²) in [5.74, 6) is -0.139. The quantitative estimate of drug-likeness (QED) is 0.699. The zero-order valence-electron chi connectivity index (χ0n) is 6.31. The summed E-state index contributed by atoms with van der Waals surface area (Å²) in [6.07, 6.45) is 0.506. The van der Waals surface area contributed by atoms with E-state index in [0.717, 1.165) is 11.3 Å². The van der Waals surface area contributed by atoms with Gasteiger partial charge in [-0.05, 0) is 6.07 Å². The van der Waals surface area contributed by atoms with Crippen LogP contribution >= 0.6 is 11.3 Å². The lowest BCUT2D eigenvalue weighted by Crippen LogP contribution is -1.80. The standard InChI is InChI=1S/C8H4O4S/c9-3-4-1-6-7(2-5(4)10)13-8(11)12-6/h1-3,10H. The first-order valence-electron chi connectivity index (χ1n) is 3.42. The molecule has 0 aliphatic rings. The van der Waals surface area contributed by atoms with Crippen LogP contribution in [0.1, 0.15) is 10.4 Å². The molecule has 1 aromatic carbocycles. The SMILES string of the molecule is O=Cc1cc2oc(=O)sc2cc1O. The molecule has 0 amide bonds. The summed E-state index contributed by atoms with van der Waals surface area (Å²) >= 11 is 0.887. The molecule has 0 fully saturated rings. The van der Waals surface area contributed by atoms with Gasteiger partial charge in [0.05, 0.1) is 10.3 Å². The Labute approximate surface area is 76.0 Å². The van der Waals surface area contributed by atoms with Gasteiger partial charge < -0.3 is 9.52 Å². The highest BCUT2D eigenvalue weighted by molar-refractivity contribution is 7.16. The van der Waals surface area contributed by atoms with Gasteiger partial charge in [-0.15, -0.1) is 0 Å². The van der Waals surface area contributed by atoms with Crippen molar-refractivity contribution in [2.75, 3.05) is 0 Å². The Morgan fingerprint density at radius 3 is 2.92 bits per heavy atom. The first-order chi connectivity index (χ1) is 6.20. The van der Waals surface area contributed by atoms with Crippen molar-refractivity contribution in [3.8, 4) is 5.75 Å². The van der Waals surface area contributed by atoms with E-state index in [1.54, 1.807) is 0 Å². The zero-order valence-corrected chi connectivity index (χ0v) is 7.13. The maximum atomic E-state index is 10.8. The topological polar surface area (TPSA) is 67.5 Å². The Bertz CT molecular complexity index is 522. The number of fused-ring (bicyclic) bond motifs is 1. The lowest BCUT2D eigenvalue weighted by Gasteiger charge is -1.94. The number of hydrogen-bond donors (Lipinski definition) is 1.